The predicted octanol–water partition coefficient (Wildman–Crippen LogP) is 3.24. The van der Waals surface area contributed by atoms with E-state index < -0.39 is 0 Å². The quantitative estimate of drug-likeness (QED) is 0.909. The Balaban J connectivity index is 1.58. The minimum atomic E-state index is -0.0239. The number of halogens is 1. The van der Waals surface area contributed by atoms with Gasteiger partial charge < -0.3 is 4.90 Å². The molecule has 0 unspecified atom stereocenters. The van der Waals surface area contributed by atoms with Crippen LogP contribution in [-0.2, 0) is 0 Å². The van der Waals surface area contributed by atoms with Crippen LogP contribution in [0.4, 0.5) is 0 Å². The standard InChI is InChI=1S/C18H22ClN5O/c1-10(2)16-21-17(23-22-16)14-9-24(8-13(14)11-3-4-11)18(25)12-5-6-20-7-15(12)19/h5-7,10-11,13-14H,3-4,8-9H2,1-2H3,(H,21,22,23)/t13-,14+/m1/s1. The van der Waals surface area contributed by atoms with E-state index >= 15 is 0 Å². The second kappa shape index (κ2) is 6.41. The molecule has 132 valence electrons. The maximum atomic E-state index is 12.9. The monoisotopic (exact) mass is 359 g/mol. The van der Waals surface area contributed by atoms with Crippen LogP contribution in [0.15, 0.2) is 18.5 Å². The van der Waals surface area contributed by atoms with Crippen molar-refractivity contribution in [3.8, 4) is 0 Å². The highest BCUT2D eigenvalue weighted by molar-refractivity contribution is 6.33. The number of hydrogen-bond acceptors (Lipinski definition) is 4. The number of hydrogen-bond donors (Lipinski definition) is 1. The molecule has 7 heteroatoms. The second-order valence-corrected chi connectivity index (χ2v) is 7.81. The summed E-state index contributed by atoms with van der Waals surface area (Å²) in [5.74, 6) is 3.37. The van der Waals surface area contributed by atoms with Gasteiger partial charge in [0.05, 0.1) is 10.6 Å². The Morgan fingerprint density at radius 2 is 2.16 bits per heavy atom. The van der Waals surface area contributed by atoms with Gasteiger partial charge in [-0.2, -0.15) is 5.10 Å². The topological polar surface area (TPSA) is 74.8 Å². The van der Waals surface area contributed by atoms with Gasteiger partial charge in [0.1, 0.15) is 5.82 Å². The van der Waals surface area contributed by atoms with E-state index in [9.17, 15) is 4.79 Å². The van der Waals surface area contributed by atoms with Crippen molar-refractivity contribution in [3.05, 3.63) is 40.7 Å². The molecule has 0 bridgehead atoms. The number of amides is 1. The van der Waals surface area contributed by atoms with Crippen molar-refractivity contribution in [2.24, 2.45) is 11.8 Å². The van der Waals surface area contributed by atoms with E-state index in [0.717, 1.165) is 18.2 Å². The fourth-order valence-electron chi connectivity index (χ4n) is 3.72. The first-order valence-electron chi connectivity index (χ1n) is 8.85. The van der Waals surface area contributed by atoms with Crippen LogP contribution in [0.5, 0.6) is 0 Å². The summed E-state index contributed by atoms with van der Waals surface area (Å²) in [6.07, 6.45) is 5.61. The maximum Gasteiger partial charge on any atom is 0.255 e. The van der Waals surface area contributed by atoms with Crippen molar-refractivity contribution in [2.45, 2.75) is 38.5 Å². The molecular weight excluding hydrogens is 338 g/mol. The lowest BCUT2D eigenvalue weighted by molar-refractivity contribution is 0.0784. The molecule has 4 rings (SSSR count). The van der Waals surface area contributed by atoms with E-state index in [1.54, 1.807) is 12.3 Å². The normalized spacial score (nSPS) is 23.4. The van der Waals surface area contributed by atoms with E-state index in [1.165, 1.54) is 19.0 Å². The molecule has 2 aromatic rings. The number of aromatic amines is 1. The number of pyridine rings is 1. The largest absolute Gasteiger partial charge is 0.338 e. The first-order chi connectivity index (χ1) is 12.0. The van der Waals surface area contributed by atoms with Gasteiger partial charge in [0, 0.05) is 37.3 Å². The van der Waals surface area contributed by atoms with E-state index in [1.807, 2.05) is 4.90 Å². The number of H-pyrrole nitrogens is 1. The van der Waals surface area contributed by atoms with Gasteiger partial charge in [0.25, 0.3) is 5.91 Å². The maximum absolute atomic E-state index is 12.9. The molecule has 1 saturated carbocycles. The molecule has 0 aromatic carbocycles. The van der Waals surface area contributed by atoms with Crippen molar-refractivity contribution in [1.29, 1.82) is 0 Å². The third-order valence-corrected chi connectivity index (χ3v) is 5.57. The average molecular weight is 360 g/mol. The summed E-state index contributed by atoms with van der Waals surface area (Å²) in [6, 6.07) is 1.69. The van der Waals surface area contributed by atoms with Crippen molar-refractivity contribution in [3.63, 3.8) is 0 Å². The smallest absolute Gasteiger partial charge is 0.255 e. The van der Waals surface area contributed by atoms with E-state index in [2.05, 4.69) is 29.0 Å². The van der Waals surface area contributed by atoms with Crippen molar-refractivity contribution in [2.75, 3.05) is 13.1 Å². The van der Waals surface area contributed by atoms with Crippen LogP contribution in [0.2, 0.25) is 5.02 Å². The molecule has 1 N–H and O–H groups in total. The van der Waals surface area contributed by atoms with Crippen LogP contribution in [0.1, 0.15) is 60.5 Å². The van der Waals surface area contributed by atoms with Gasteiger partial charge in [0.2, 0.25) is 0 Å². The lowest BCUT2D eigenvalue weighted by Gasteiger charge is -2.16. The van der Waals surface area contributed by atoms with Gasteiger partial charge in [-0.15, -0.1) is 0 Å². The summed E-state index contributed by atoms with van der Waals surface area (Å²) in [7, 11) is 0. The molecule has 1 aliphatic carbocycles. The minimum absolute atomic E-state index is 0.0239. The SMILES string of the molecule is CC(C)c1n[nH]c([C@H]2CN(C(=O)c3ccncc3Cl)C[C@@H]2C2CC2)n1. The summed E-state index contributed by atoms with van der Waals surface area (Å²) in [6.45, 7) is 5.58. The number of nitrogens with one attached hydrogen (secondary N) is 1. The molecule has 3 heterocycles. The second-order valence-electron chi connectivity index (χ2n) is 7.41. The summed E-state index contributed by atoms with van der Waals surface area (Å²) in [4.78, 5) is 23.5. The van der Waals surface area contributed by atoms with E-state index in [0.29, 0.717) is 34.9 Å². The molecule has 6 nitrogen and oxygen atoms in total. The number of nitrogens with zero attached hydrogens (tertiary/aromatic N) is 4. The third kappa shape index (κ3) is 3.15. The van der Waals surface area contributed by atoms with Gasteiger partial charge >= 0.3 is 0 Å². The highest BCUT2D eigenvalue weighted by atomic mass is 35.5. The van der Waals surface area contributed by atoms with Crippen LogP contribution in [-0.4, -0.2) is 44.1 Å². The molecule has 0 radical (unpaired) electrons. The van der Waals surface area contributed by atoms with Crippen molar-refractivity contribution >= 4 is 17.5 Å². The lowest BCUT2D eigenvalue weighted by atomic mass is 9.91. The first kappa shape index (κ1) is 16.5. The summed E-state index contributed by atoms with van der Waals surface area (Å²) in [5, 5.41) is 7.87. The van der Waals surface area contributed by atoms with Gasteiger partial charge in [-0.3, -0.25) is 14.9 Å². The van der Waals surface area contributed by atoms with Gasteiger partial charge in [-0.25, -0.2) is 4.98 Å². The highest BCUT2D eigenvalue weighted by Crippen LogP contribution is 2.47. The minimum Gasteiger partial charge on any atom is -0.338 e. The predicted molar refractivity (Wildman–Crippen MR) is 94.6 cm³/mol. The summed E-state index contributed by atoms with van der Waals surface area (Å²) < 4.78 is 0. The Hall–Kier alpha value is -1.95. The lowest BCUT2D eigenvalue weighted by Crippen LogP contribution is -2.29. The number of carbonyl (C=O) groups is 1. The Kier molecular flexibility index (Phi) is 4.23. The zero-order valence-corrected chi connectivity index (χ0v) is 15.2. The van der Waals surface area contributed by atoms with E-state index in [4.69, 9.17) is 16.6 Å². The molecule has 2 atom stereocenters. The molecule has 2 fully saturated rings. The molecule has 1 saturated heterocycles. The number of rotatable bonds is 4. The number of likely N-dealkylation sites (tertiary alicyclic amines) is 1. The highest BCUT2D eigenvalue weighted by Gasteiger charge is 2.46. The zero-order valence-electron chi connectivity index (χ0n) is 14.4. The molecule has 25 heavy (non-hydrogen) atoms. The number of carbonyl (C=O) groups excluding carboxylic acids is 1. The first-order valence-corrected chi connectivity index (χ1v) is 9.23. The van der Waals surface area contributed by atoms with Gasteiger partial charge in [-0.05, 0) is 30.7 Å². The van der Waals surface area contributed by atoms with Crippen molar-refractivity contribution < 1.29 is 4.79 Å². The van der Waals surface area contributed by atoms with Crippen LogP contribution >= 0.6 is 11.6 Å². The summed E-state index contributed by atoms with van der Waals surface area (Å²) >= 11 is 6.16. The van der Waals surface area contributed by atoms with Gasteiger partial charge in [-0.1, -0.05) is 25.4 Å². The Morgan fingerprint density at radius 3 is 2.80 bits per heavy atom. The third-order valence-electron chi connectivity index (χ3n) is 5.27. The fourth-order valence-corrected chi connectivity index (χ4v) is 3.92. The zero-order chi connectivity index (χ0) is 17.6. The summed E-state index contributed by atoms with van der Waals surface area (Å²) in [5.41, 5.74) is 0.521. The molecule has 1 aliphatic heterocycles. The number of aromatic nitrogens is 4. The Bertz CT molecular complexity index is 785. The van der Waals surface area contributed by atoms with E-state index in [-0.39, 0.29) is 11.8 Å². The molecule has 1 amide bonds. The van der Waals surface area contributed by atoms with Crippen LogP contribution in [0.3, 0.4) is 0 Å². The molecule has 2 aromatic heterocycles. The van der Waals surface area contributed by atoms with Crippen molar-refractivity contribution in [1.82, 2.24) is 25.1 Å². The Morgan fingerprint density at radius 1 is 1.36 bits per heavy atom. The van der Waals surface area contributed by atoms with Crippen LogP contribution < -0.4 is 0 Å². The molecular formula is C18H22ClN5O. The Labute approximate surface area is 152 Å². The molecule has 0 spiro atoms. The average Bonchev–Trinajstić information content (AvgIpc) is 3.15. The van der Waals surface area contributed by atoms with Gasteiger partial charge in [0.15, 0.2) is 5.82 Å². The molecule has 2 aliphatic rings. The fraction of sp³-hybridized carbons (Fsp3) is 0.556. The van der Waals surface area contributed by atoms with Crippen LogP contribution in [0.25, 0.3) is 0 Å². The van der Waals surface area contributed by atoms with Crippen LogP contribution in [0, 0.1) is 11.8 Å².